The van der Waals surface area contributed by atoms with Crippen LogP contribution in [0.15, 0.2) is 11.4 Å². The number of methoxy groups -OCH3 is 1. The standard InChI is InChI=1S/C18H26N2O3S/c1-14-15(4-13-24-14)16(21)19-8-3-5-18(6-9-19)7-10-20(17(18)22)11-12-23-2/h4,13H,3,5-12H2,1-2H3/t18-/m0/s1. The lowest BCUT2D eigenvalue weighted by molar-refractivity contribution is -0.137. The maximum Gasteiger partial charge on any atom is 0.254 e. The van der Waals surface area contributed by atoms with Gasteiger partial charge in [-0.1, -0.05) is 0 Å². The molecular weight excluding hydrogens is 324 g/mol. The van der Waals surface area contributed by atoms with E-state index in [-0.39, 0.29) is 17.2 Å². The zero-order valence-corrected chi connectivity index (χ0v) is 15.4. The van der Waals surface area contributed by atoms with E-state index in [1.54, 1.807) is 18.4 Å². The second-order valence-corrected chi connectivity index (χ2v) is 7.97. The van der Waals surface area contributed by atoms with Crippen molar-refractivity contribution >= 4 is 23.2 Å². The number of thiophene rings is 1. The van der Waals surface area contributed by atoms with Crippen molar-refractivity contribution in [2.75, 3.05) is 39.9 Å². The van der Waals surface area contributed by atoms with E-state index < -0.39 is 0 Å². The van der Waals surface area contributed by atoms with Crippen molar-refractivity contribution in [1.82, 2.24) is 9.80 Å². The lowest BCUT2D eigenvalue weighted by Gasteiger charge is -2.26. The molecule has 1 atom stereocenters. The quantitative estimate of drug-likeness (QED) is 0.838. The van der Waals surface area contributed by atoms with Gasteiger partial charge in [-0.2, -0.15) is 0 Å². The van der Waals surface area contributed by atoms with Gasteiger partial charge in [-0.25, -0.2) is 0 Å². The molecule has 2 fully saturated rings. The summed E-state index contributed by atoms with van der Waals surface area (Å²) in [6.45, 7) is 5.50. The van der Waals surface area contributed by atoms with E-state index in [1.165, 1.54) is 0 Å². The number of ether oxygens (including phenoxy) is 1. The molecule has 0 saturated carbocycles. The minimum Gasteiger partial charge on any atom is -0.383 e. The smallest absolute Gasteiger partial charge is 0.254 e. The molecule has 1 aromatic heterocycles. The molecule has 0 unspecified atom stereocenters. The Morgan fingerprint density at radius 2 is 2.08 bits per heavy atom. The highest BCUT2D eigenvalue weighted by molar-refractivity contribution is 7.10. The van der Waals surface area contributed by atoms with Crippen molar-refractivity contribution in [3.63, 3.8) is 0 Å². The average molecular weight is 350 g/mol. The average Bonchev–Trinajstić information content (AvgIpc) is 3.04. The molecule has 0 N–H and O–H groups in total. The molecule has 0 radical (unpaired) electrons. The molecule has 2 aliphatic heterocycles. The second kappa shape index (κ2) is 7.23. The summed E-state index contributed by atoms with van der Waals surface area (Å²) in [7, 11) is 1.66. The fourth-order valence-electron chi connectivity index (χ4n) is 3.95. The van der Waals surface area contributed by atoms with E-state index in [0.717, 1.165) is 49.2 Å². The van der Waals surface area contributed by atoms with Crippen molar-refractivity contribution in [3.8, 4) is 0 Å². The molecule has 3 heterocycles. The fraction of sp³-hybridized carbons (Fsp3) is 0.667. The Bertz CT molecular complexity index is 615. The van der Waals surface area contributed by atoms with Gasteiger partial charge < -0.3 is 14.5 Å². The van der Waals surface area contributed by atoms with Crippen molar-refractivity contribution < 1.29 is 14.3 Å². The van der Waals surface area contributed by atoms with Gasteiger partial charge in [0.1, 0.15) is 0 Å². The molecule has 5 nitrogen and oxygen atoms in total. The number of carbonyl (C=O) groups is 2. The molecule has 0 bridgehead atoms. The van der Waals surface area contributed by atoms with E-state index in [0.29, 0.717) is 19.7 Å². The second-order valence-electron chi connectivity index (χ2n) is 6.85. The van der Waals surface area contributed by atoms with Crippen LogP contribution in [0.4, 0.5) is 0 Å². The van der Waals surface area contributed by atoms with Crippen LogP contribution in [0.5, 0.6) is 0 Å². The Hall–Kier alpha value is -1.40. The van der Waals surface area contributed by atoms with Crippen LogP contribution < -0.4 is 0 Å². The Morgan fingerprint density at radius 3 is 2.79 bits per heavy atom. The Kier molecular flexibility index (Phi) is 5.25. The minimum atomic E-state index is -0.257. The third-order valence-electron chi connectivity index (χ3n) is 5.49. The monoisotopic (exact) mass is 350 g/mol. The van der Waals surface area contributed by atoms with Crippen LogP contribution in [0, 0.1) is 12.3 Å². The first-order chi connectivity index (χ1) is 11.6. The zero-order chi connectivity index (χ0) is 17.2. The normalized spacial score (nSPS) is 24.7. The first-order valence-electron chi connectivity index (χ1n) is 8.69. The van der Waals surface area contributed by atoms with Crippen LogP contribution >= 0.6 is 11.3 Å². The number of nitrogens with zero attached hydrogens (tertiary/aromatic N) is 2. The summed E-state index contributed by atoms with van der Waals surface area (Å²) in [5.41, 5.74) is 0.558. The first kappa shape index (κ1) is 17.4. The molecule has 132 valence electrons. The van der Waals surface area contributed by atoms with Crippen molar-refractivity contribution in [3.05, 3.63) is 21.9 Å². The maximum atomic E-state index is 12.9. The van der Waals surface area contributed by atoms with Crippen LogP contribution in [-0.4, -0.2) is 61.5 Å². The van der Waals surface area contributed by atoms with Gasteiger partial charge in [-0.3, -0.25) is 9.59 Å². The van der Waals surface area contributed by atoms with Gasteiger partial charge in [0.05, 0.1) is 17.6 Å². The summed E-state index contributed by atoms with van der Waals surface area (Å²) in [6.07, 6.45) is 3.49. The number of likely N-dealkylation sites (tertiary alicyclic amines) is 2. The van der Waals surface area contributed by atoms with Crippen molar-refractivity contribution in [2.45, 2.75) is 32.6 Å². The topological polar surface area (TPSA) is 49.9 Å². The molecule has 0 aromatic carbocycles. The van der Waals surface area contributed by atoms with Crippen molar-refractivity contribution in [1.29, 1.82) is 0 Å². The molecule has 3 rings (SSSR count). The highest BCUT2D eigenvalue weighted by atomic mass is 32.1. The van der Waals surface area contributed by atoms with Gasteiger partial charge in [-0.15, -0.1) is 11.3 Å². The molecule has 1 aromatic rings. The van der Waals surface area contributed by atoms with E-state index in [9.17, 15) is 9.59 Å². The summed E-state index contributed by atoms with van der Waals surface area (Å²) >= 11 is 1.61. The summed E-state index contributed by atoms with van der Waals surface area (Å²) in [4.78, 5) is 30.6. The Labute approximate surface area is 147 Å². The summed E-state index contributed by atoms with van der Waals surface area (Å²) < 4.78 is 5.11. The lowest BCUT2D eigenvalue weighted by atomic mass is 9.79. The van der Waals surface area contributed by atoms with E-state index in [1.807, 2.05) is 28.2 Å². The molecule has 2 aliphatic rings. The Balaban J connectivity index is 1.66. The molecule has 2 saturated heterocycles. The van der Waals surface area contributed by atoms with E-state index in [4.69, 9.17) is 4.74 Å². The highest BCUT2D eigenvalue weighted by Gasteiger charge is 2.47. The summed E-state index contributed by atoms with van der Waals surface area (Å²) in [6, 6.07) is 1.91. The predicted molar refractivity (Wildman–Crippen MR) is 94.3 cm³/mol. The molecule has 0 aliphatic carbocycles. The zero-order valence-electron chi connectivity index (χ0n) is 14.5. The molecule has 2 amide bonds. The SMILES string of the molecule is COCCN1CC[C@@]2(CCCN(C(=O)c3ccsc3C)CC2)C1=O. The van der Waals surface area contributed by atoms with Crippen LogP contribution in [-0.2, 0) is 9.53 Å². The number of aryl methyl sites for hydroxylation is 1. The maximum absolute atomic E-state index is 12.9. The largest absolute Gasteiger partial charge is 0.383 e. The lowest BCUT2D eigenvalue weighted by Crippen LogP contribution is -2.37. The van der Waals surface area contributed by atoms with E-state index >= 15 is 0 Å². The van der Waals surface area contributed by atoms with Gasteiger partial charge in [0, 0.05) is 38.2 Å². The summed E-state index contributed by atoms with van der Waals surface area (Å²) in [5.74, 6) is 0.382. The fourth-order valence-corrected chi connectivity index (χ4v) is 4.64. The summed E-state index contributed by atoms with van der Waals surface area (Å²) in [5, 5.41) is 1.97. The van der Waals surface area contributed by atoms with Crippen LogP contribution in [0.25, 0.3) is 0 Å². The van der Waals surface area contributed by atoms with Gasteiger partial charge in [0.2, 0.25) is 5.91 Å². The predicted octanol–water partition coefficient (Wildman–Crippen LogP) is 2.55. The van der Waals surface area contributed by atoms with Crippen LogP contribution in [0.3, 0.4) is 0 Å². The Morgan fingerprint density at radius 1 is 1.29 bits per heavy atom. The molecular formula is C18H26N2O3S. The number of carbonyl (C=O) groups excluding carboxylic acids is 2. The number of hydrogen-bond acceptors (Lipinski definition) is 4. The van der Waals surface area contributed by atoms with Gasteiger partial charge in [0.15, 0.2) is 0 Å². The number of hydrogen-bond donors (Lipinski definition) is 0. The van der Waals surface area contributed by atoms with Crippen molar-refractivity contribution in [2.24, 2.45) is 5.41 Å². The first-order valence-corrected chi connectivity index (χ1v) is 9.57. The molecule has 6 heteroatoms. The third-order valence-corrected chi connectivity index (χ3v) is 6.33. The third kappa shape index (κ3) is 3.22. The van der Waals surface area contributed by atoms with Gasteiger partial charge >= 0.3 is 0 Å². The highest BCUT2D eigenvalue weighted by Crippen LogP contribution is 2.41. The van der Waals surface area contributed by atoms with Crippen LogP contribution in [0.2, 0.25) is 0 Å². The van der Waals surface area contributed by atoms with Crippen LogP contribution in [0.1, 0.15) is 40.9 Å². The van der Waals surface area contributed by atoms with Gasteiger partial charge in [0.25, 0.3) is 5.91 Å². The molecule has 24 heavy (non-hydrogen) atoms. The number of amides is 2. The number of rotatable bonds is 4. The minimum absolute atomic E-state index is 0.118. The van der Waals surface area contributed by atoms with E-state index in [2.05, 4.69) is 0 Å². The molecule has 1 spiro atoms. The van der Waals surface area contributed by atoms with Gasteiger partial charge in [-0.05, 0) is 44.1 Å².